The van der Waals surface area contributed by atoms with Gasteiger partial charge in [-0.3, -0.25) is 9.10 Å². The average Bonchev–Trinajstić information content (AvgIpc) is 2.75. The van der Waals surface area contributed by atoms with Gasteiger partial charge in [-0.2, -0.15) is 4.31 Å². The summed E-state index contributed by atoms with van der Waals surface area (Å²) in [6, 6.07) is 9.85. The molecule has 0 aromatic heterocycles. The standard InChI is InChI=1S/C21H25Cl2N3O5S2/c1-15-4-7-18(8-5-15)33(30,31)25-12-10-24(11-13-25)21(27)16(2)26(32(3,28)29)20-14-17(22)6-9-19(20)23/h4-9,14,16H,10-13H2,1-3H3. The third kappa shape index (κ3) is 5.63. The average molecular weight is 534 g/mol. The second-order valence-electron chi connectivity index (χ2n) is 7.87. The Morgan fingerprint density at radius 1 is 0.970 bits per heavy atom. The number of amides is 1. The first kappa shape index (κ1) is 25.8. The summed E-state index contributed by atoms with van der Waals surface area (Å²) in [5.74, 6) is -0.455. The molecule has 2 aromatic carbocycles. The van der Waals surface area contributed by atoms with Crippen LogP contribution in [0.1, 0.15) is 12.5 Å². The van der Waals surface area contributed by atoms with Crippen molar-refractivity contribution in [3.05, 3.63) is 58.1 Å². The molecule has 180 valence electrons. The highest BCUT2D eigenvalue weighted by Crippen LogP contribution is 2.32. The SMILES string of the molecule is Cc1ccc(S(=O)(=O)N2CCN(C(=O)C(C)N(c3cc(Cl)ccc3Cl)S(C)(=O)=O)CC2)cc1. The van der Waals surface area contributed by atoms with Crippen molar-refractivity contribution in [1.82, 2.24) is 9.21 Å². The molecule has 1 saturated heterocycles. The number of anilines is 1. The number of hydrogen-bond donors (Lipinski definition) is 0. The van der Waals surface area contributed by atoms with Gasteiger partial charge >= 0.3 is 0 Å². The Kier molecular flexibility index (Phi) is 7.65. The zero-order valence-electron chi connectivity index (χ0n) is 18.4. The van der Waals surface area contributed by atoms with Crippen molar-refractivity contribution in [2.75, 3.05) is 36.7 Å². The molecule has 1 heterocycles. The molecule has 0 radical (unpaired) electrons. The van der Waals surface area contributed by atoms with Crippen LogP contribution in [0.4, 0.5) is 5.69 Å². The normalized spacial score (nSPS) is 16.5. The van der Waals surface area contributed by atoms with Gasteiger partial charge in [-0.15, -0.1) is 0 Å². The number of halogens is 2. The minimum atomic E-state index is -3.88. The van der Waals surface area contributed by atoms with Crippen molar-refractivity contribution >= 4 is 54.8 Å². The Morgan fingerprint density at radius 2 is 1.55 bits per heavy atom. The van der Waals surface area contributed by atoms with Crippen LogP contribution >= 0.6 is 23.2 Å². The van der Waals surface area contributed by atoms with Gasteiger partial charge in [0.05, 0.1) is 21.9 Å². The highest BCUT2D eigenvalue weighted by molar-refractivity contribution is 7.92. The molecule has 0 saturated carbocycles. The molecule has 12 heteroatoms. The number of rotatable bonds is 6. The van der Waals surface area contributed by atoms with Crippen molar-refractivity contribution in [2.24, 2.45) is 0 Å². The number of carbonyl (C=O) groups is 1. The molecule has 8 nitrogen and oxygen atoms in total. The van der Waals surface area contributed by atoms with Crippen molar-refractivity contribution in [3.63, 3.8) is 0 Å². The maximum Gasteiger partial charge on any atom is 0.246 e. The van der Waals surface area contributed by atoms with Crippen molar-refractivity contribution in [3.8, 4) is 0 Å². The van der Waals surface area contributed by atoms with E-state index in [1.165, 1.54) is 34.3 Å². The van der Waals surface area contributed by atoms with Crippen LogP contribution in [0.25, 0.3) is 0 Å². The lowest BCUT2D eigenvalue weighted by atomic mass is 10.2. The predicted octanol–water partition coefficient (Wildman–Crippen LogP) is 2.99. The van der Waals surface area contributed by atoms with E-state index >= 15 is 0 Å². The van der Waals surface area contributed by atoms with E-state index in [2.05, 4.69) is 0 Å². The minimum absolute atomic E-state index is 0.103. The van der Waals surface area contributed by atoms with Crippen LogP contribution in [0.3, 0.4) is 0 Å². The molecule has 1 amide bonds. The predicted molar refractivity (Wildman–Crippen MR) is 130 cm³/mol. The van der Waals surface area contributed by atoms with Crippen LogP contribution in [-0.2, 0) is 24.8 Å². The van der Waals surface area contributed by atoms with Gasteiger partial charge < -0.3 is 4.90 Å². The van der Waals surface area contributed by atoms with Gasteiger partial charge in [-0.25, -0.2) is 16.8 Å². The monoisotopic (exact) mass is 533 g/mol. The number of benzene rings is 2. The summed E-state index contributed by atoms with van der Waals surface area (Å²) in [5, 5.41) is 0.413. The second-order valence-corrected chi connectivity index (χ2v) is 12.5. The summed E-state index contributed by atoms with van der Waals surface area (Å²) in [7, 11) is -7.56. The maximum absolute atomic E-state index is 13.2. The van der Waals surface area contributed by atoms with Crippen molar-refractivity contribution < 1.29 is 21.6 Å². The molecule has 0 bridgehead atoms. The van der Waals surface area contributed by atoms with E-state index in [4.69, 9.17) is 23.2 Å². The van der Waals surface area contributed by atoms with E-state index in [1.54, 1.807) is 24.3 Å². The Morgan fingerprint density at radius 3 is 2.09 bits per heavy atom. The number of piperazine rings is 1. The Balaban J connectivity index is 1.77. The molecule has 0 spiro atoms. The van der Waals surface area contributed by atoms with E-state index in [1.807, 2.05) is 6.92 Å². The van der Waals surface area contributed by atoms with Crippen molar-refractivity contribution in [2.45, 2.75) is 24.8 Å². The van der Waals surface area contributed by atoms with Crippen molar-refractivity contribution in [1.29, 1.82) is 0 Å². The Hall–Kier alpha value is -1.85. The first-order valence-corrected chi connectivity index (χ1v) is 14.2. The molecule has 1 aliphatic heterocycles. The fourth-order valence-corrected chi connectivity index (χ4v) is 6.72. The second kappa shape index (κ2) is 9.79. The smallest absolute Gasteiger partial charge is 0.246 e. The van der Waals surface area contributed by atoms with E-state index in [0.717, 1.165) is 16.1 Å². The van der Waals surface area contributed by atoms with Crippen LogP contribution in [0.2, 0.25) is 10.0 Å². The van der Waals surface area contributed by atoms with Gasteiger partial charge in [0.15, 0.2) is 0 Å². The topological polar surface area (TPSA) is 95.1 Å². The van der Waals surface area contributed by atoms with Crippen LogP contribution < -0.4 is 4.31 Å². The molecule has 1 unspecified atom stereocenters. The Labute approximate surface area is 204 Å². The molecule has 33 heavy (non-hydrogen) atoms. The van der Waals surface area contributed by atoms with Gasteiger partial charge in [0.25, 0.3) is 0 Å². The zero-order valence-corrected chi connectivity index (χ0v) is 21.5. The first-order valence-electron chi connectivity index (χ1n) is 10.1. The quantitative estimate of drug-likeness (QED) is 0.568. The zero-order chi connectivity index (χ0) is 24.6. The lowest BCUT2D eigenvalue weighted by Gasteiger charge is -2.37. The van der Waals surface area contributed by atoms with Gasteiger partial charge in [0.2, 0.25) is 26.0 Å². The summed E-state index contributed by atoms with van der Waals surface area (Å²) in [6.07, 6.45) is 0.986. The summed E-state index contributed by atoms with van der Waals surface area (Å²) in [5.41, 5.74) is 1.06. The molecule has 0 N–H and O–H groups in total. The van der Waals surface area contributed by atoms with Gasteiger partial charge in [-0.1, -0.05) is 40.9 Å². The Bertz CT molecular complexity index is 1240. The molecule has 2 aromatic rings. The molecular weight excluding hydrogens is 509 g/mol. The summed E-state index contributed by atoms with van der Waals surface area (Å²) in [6.45, 7) is 3.82. The highest BCUT2D eigenvalue weighted by atomic mass is 35.5. The number of sulfonamides is 2. The van der Waals surface area contributed by atoms with Gasteiger partial charge in [0.1, 0.15) is 6.04 Å². The van der Waals surface area contributed by atoms with E-state index in [-0.39, 0.29) is 46.8 Å². The highest BCUT2D eigenvalue weighted by Gasteiger charge is 2.36. The van der Waals surface area contributed by atoms with Gasteiger partial charge in [0, 0.05) is 31.2 Å². The number of hydrogen-bond acceptors (Lipinski definition) is 5. The number of carbonyl (C=O) groups excluding carboxylic acids is 1. The minimum Gasteiger partial charge on any atom is -0.338 e. The van der Waals surface area contributed by atoms with Crippen LogP contribution in [0.5, 0.6) is 0 Å². The van der Waals surface area contributed by atoms with Gasteiger partial charge in [-0.05, 0) is 44.2 Å². The number of nitrogens with zero attached hydrogens (tertiary/aromatic N) is 3. The largest absolute Gasteiger partial charge is 0.338 e. The summed E-state index contributed by atoms with van der Waals surface area (Å²) < 4.78 is 53.2. The van der Waals surface area contributed by atoms with E-state index in [9.17, 15) is 21.6 Å². The third-order valence-electron chi connectivity index (χ3n) is 5.42. The van der Waals surface area contributed by atoms with E-state index < -0.39 is 32.0 Å². The maximum atomic E-state index is 13.2. The molecular formula is C21H25Cl2N3O5S2. The molecule has 0 aliphatic carbocycles. The lowest BCUT2D eigenvalue weighted by Crippen LogP contribution is -2.56. The first-order chi connectivity index (χ1) is 15.3. The molecule has 1 aliphatic rings. The number of aryl methyl sites for hydroxylation is 1. The summed E-state index contributed by atoms with van der Waals surface area (Å²) in [4.78, 5) is 14.9. The van der Waals surface area contributed by atoms with Crippen LogP contribution in [-0.4, -0.2) is 70.4 Å². The lowest BCUT2D eigenvalue weighted by molar-refractivity contribution is -0.133. The molecule has 1 atom stereocenters. The van der Waals surface area contributed by atoms with Crippen LogP contribution in [0.15, 0.2) is 47.4 Å². The fourth-order valence-electron chi connectivity index (χ4n) is 3.70. The molecule has 3 rings (SSSR count). The fraction of sp³-hybridized carbons (Fsp3) is 0.381. The summed E-state index contributed by atoms with van der Waals surface area (Å²) >= 11 is 12.2. The third-order valence-corrected chi connectivity index (χ3v) is 9.12. The van der Waals surface area contributed by atoms with E-state index in [0.29, 0.717) is 0 Å². The van der Waals surface area contributed by atoms with Crippen LogP contribution in [0, 0.1) is 6.92 Å². The molecule has 1 fully saturated rings.